The van der Waals surface area contributed by atoms with Gasteiger partial charge in [0, 0.05) is 19.7 Å². The second-order valence-corrected chi connectivity index (χ2v) is 4.91. The van der Waals surface area contributed by atoms with E-state index in [0.29, 0.717) is 11.1 Å². The van der Waals surface area contributed by atoms with Gasteiger partial charge in [0.25, 0.3) is 0 Å². The molecule has 0 unspecified atom stereocenters. The number of carbonyl (C=O) groups excluding carboxylic acids is 1. The maximum atomic E-state index is 12.3. The number of hydrogen-bond acceptors (Lipinski definition) is 3. The molecule has 0 saturated carbocycles. The SMILES string of the molecule is Cn1c(=O)n(C)c2cc(C(=O)c3ccc(Cl)o3)ccc21. The highest BCUT2D eigenvalue weighted by Gasteiger charge is 2.16. The molecule has 0 amide bonds. The molecule has 2 heterocycles. The first-order chi connectivity index (χ1) is 9.49. The number of aromatic nitrogens is 2. The molecule has 0 aliphatic rings. The summed E-state index contributed by atoms with van der Waals surface area (Å²) in [6, 6.07) is 8.13. The number of aryl methyl sites for hydroxylation is 2. The average Bonchev–Trinajstić information content (AvgIpc) is 2.97. The van der Waals surface area contributed by atoms with Crippen LogP contribution in [0.25, 0.3) is 11.0 Å². The molecule has 0 radical (unpaired) electrons. The second kappa shape index (κ2) is 4.38. The van der Waals surface area contributed by atoms with Crippen molar-refractivity contribution in [3.63, 3.8) is 0 Å². The fraction of sp³-hybridized carbons (Fsp3) is 0.143. The van der Waals surface area contributed by atoms with Crippen LogP contribution in [0.4, 0.5) is 0 Å². The lowest BCUT2D eigenvalue weighted by Crippen LogP contribution is -2.19. The summed E-state index contributed by atoms with van der Waals surface area (Å²) in [4.78, 5) is 24.1. The van der Waals surface area contributed by atoms with E-state index in [1.54, 1.807) is 32.3 Å². The summed E-state index contributed by atoms with van der Waals surface area (Å²) >= 11 is 5.67. The molecule has 1 aromatic carbocycles. The Hall–Kier alpha value is -2.27. The summed E-state index contributed by atoms with van der Waals surface area (Å²) in [7, 11) is 3.36. The maximum Gasteiger partial charge on any atom is 0.328 e. The normalized spacial score (nSPS) is 11.2. The van der Waals surface area contributed by atoms with Crippen molar-refractivity contribution in [1.29, 1.82) is 0 Å². The third-order valence-electron chi connectivity index (χ3n) is 3.33. The summed E-state index contributed by atoms with van der Waals surface area (Å²) in [6.07, 6.45) is 0. The van der Waals surface area contributed by atoms with Crippen LogP contribution in [0, 0.1) is 0 Å². The van der Waals surface area contributed by atoms with Gasteiger partial charge in [-0.05, 0) is 41.9 Å². The number of benzene rings is 1. The summed E-state index contributed by atoms with van der Waals surface area (Å²) < 4.78 is 8.15. The number of nitrogens with zero attached hydrogens (tertiary/aromatic N) is 2. The minimum absolute atomic E-state index is 0.134. The van der Waals surface area contributed by atoms with E-state index < -0.39 is 0 Å². The molecule has 0 aliphatic carbocycles. The van der Waals surface area contributed by atoms with Crippen LogP contribution in [0.5, 0.6) is 0 Å². The fourth-order valence-corrected chi connectivity index (χ4v) is 2.37. The molecule has 0 N–H and O–H groups in total. The van der Waals surface area contributed by atoms with E-state index in [1.807, 2.05) is 0 Å². The lowest BCUT2D eigenvalue weighted by molar-refractivity contribution is 0.101. The molecule has 102 valence electrons. The average molecular weight is 291 g/mol. The largest absolute Gasteiger partial charge is 0.441 e. The highest BCUT2D eigenvalue weighted by molar-refractivity contribution is 6.29. The van der Waals surface area contributed by atoms with Crippen LogP contribution < -0.4 is 5.69 Å². The summed E-state index contributed by atoms with van der Waals surface area (Å²) in [5, 5.41) is 0.168. The van der Waals surface area contributed by atoms with E-state index in [4.69, 9.17) is 16.0 Å². The Balaban J connectivity index is 2.16. The topological polar surface area (TPSA) is 57.1 Å². The van der Waals surface area contributed by atoms with Crippen LogP contribution in [-0.4, -0.2) is 14.9 Å². The molecular formula is C14H11ClN2O3. The van der Waals surface area contributed by atoms with Crippen molar-refractivity contribution in [1.82, 2.24) is 9.13 Å². The molecule has 3 rings (SSSR count). The van der Waals surface area contributed by atoms with Gasteiger partial charge in [0.2, 0.25) is 5.78 Å². The van der Waals surface area contributed by atoms with Crippen LogP contribution in [0.3, 0.4) is 0 Å². The van der Waals surface area contributed by atoms with Gasteiger partial charge in [0.05, 0.1) is 11.0 Å². The van der Waals surface area contributed by atoms with Gasteiger partial charge >= 0.3 is 5.69 Å². The van der Waals surface area contributed by atoms with Crippen molar-refractivity contribution in [2.75, 3.05) is 0 Å². The van der Waals surface area contributed by atoms with E-state index in [2.05, 4.69) is 0 Å². The minimum atomic E-state index is -0.268. The number of furan rings is 1. The van der Waals surface area contributed by atoms with E-state index in [9.17, 15) is 9.59 Å². The highest BCUT2D eigenvalue weighted by atomic mass is 35.5. The van der Waals surface area contributed by atoms with Gasteiger partial charge < -0.3 is 4.42 Å². The van der Waals surface area contributed by atoms with Gasteiger partial charge in [0.15, 0.2) is 11.0 Å². The molecular weight excluding hydrogens is 280 g/mol. The highest BCUT2D eigenvalue weighted by Crippen LogP contribution is 2.20. The zero-order valence-electron chi connectivity index (χ0n) is 10.9. The van der Waals surface area contributed by atoms with E-state index >= 15 is 0 Å². The molecule has 0 spiro atoms. The van der Waals surface area contributed by atoms with Crippen molar-refractivity contribution in [3.8, 4) is 0 Å². The Labute approximate surface area is 119 Å². The molecule has 0 fully saturated rings. The number of carbonyl (C=O) groups is 1. The number of hydrogen-bond donors (Lipinski definition) is 0. The molecule has 0 saturated heterocycles. The third-order valence-corrected chi connectivity index (χ3v) is 3.53. The number of imidazole rings is 1. The Morgan fingerprint density at radius 3 is 2.45 bits per heavy atom. The predicted molar refractivity (Wildman–Crippen MR) is 75.3 cm³/mol. The predicted octanol–water partition coefficient (Wildman–Crippen LogP) is 2.35. The van der Waals surface area contributed by atoms with Gasteiger partial charge in [-0.2, -0.15) is 0 Å². The zero-order valence-corrected chi connectivity index (χ0v) is 11.6. The molecule has 0 bridgehead atoms. The van der Waals surface area contributed by atoms with Crippen molar-refractivity contribution >= 4 is 28.4 Å². The number of halogens is 1. The summed E-state index contributed by atoms with van der Waals surface area (Å²) in [5.41, 5.74) is 1.78. The van der Waals surface area contributed by atoms with Crippen LogP contribution >= 0.6 is 11.6 Å². The van der Waals surface area contributed by atoms with Crippen molar-refractivity contribution < 1.29 is 9.21 Å². The zero-order chi connectivity index (χ0) is 14.4. The molecule has 20 heavy (non-hydrogen) atoms. The Morgan fingerprint density at radius 1 is 1.10 bits per heavy atom. The first-order valence-corrected chi connectivity index (χ1v) is 6.32. The van der Waals surface area contributed by atoms with Gasteiger partial charge in [-0.3, -0.25) is 13.9 Å². The smallest absolute Gasteiger partial charge is 0.328 e. The lowest BCUT2D eigenvalue weighted by atomic mass is 10.1. The van der Waals surface area contributed by atoms with Crippen LogP contribution in [0.2, 0.25) is 5.22 Å². The summed E-state index contributed by atoms with van der Waals surface area (Å²) in [6.45, 7) is 0. The van der Waals surface area contributed by atoms with Gasteiger partial charge in [0.1, 0.15) is 0 Å². The van der Waals surface area contributed by atoms with Gasteiger partial charge in [-0.15, -0.1) is 0 Å². The van der Waals surface area contributed by atoms with Crippen LogP contribution in [0.15, 0.2) is 39.5 Å². The number of rotatable bonds is 2. The van der Waals surface area contributed by atoms with Crippen molar-refractivity contribution in [3.05, 3.63) is 57.4 Å². The Morgan fingerprint density at radius 2 is 1.80 bits per heavy atom. The van der Waals surface area contributed by atoms with Gasteiger partial charge in [-0.25, -0.2) is 4.79 Å². The van der Waals surface area contributed by atoms with Crippen molar-refractivity contribution in [2.24, 2.45) is 14.1 Å². The molecule has 3 aromatic rings. The standard InChI is InChI=1S/C14H11ClN2O3/c1-16-9-4-3-8(7-10(9)17(2)14(16)19)13(18)11-5-6-12(15)20-11/h3-7H,1-2H3. The molecule has 5 nitrogen and oxygen atoms in total. The molecule has 6 heteroatoms. The monoisotopic (exact) mass is 290 g/mol. The molecule has 0 atom stereocenters. The molecule has 2 aromatic heterocycles. The van der Waals surface area contributed by atoms with Crippen LogP contribution in [-0.2, 0) is 14.1 Å². The van der Waals surface area contributed by atoms with E-state index in [-0.39, 0.29) is 22.5 Å². The van der Waals surface area contributed by atoms with E-state index in [0.717, 1.165) is 5.52 Å². The first kappa shape index (κ1) is 12.7. The first-order valence-electron chi connectivity index (χ1n) is 5.94. The van der Waals surface area contributed by atoms with E-state index in [1.165, 1.54) is 21.3 Å². The lowest BCUT2D eigenvalue weighted by Gasteiger charge is -2.00. The second-order valence-electron chi connectivity index (χ2n) is 4.54. The van der Waals surface area contributed by atoms with Crippen molar-refractivity contribution in [2.45, 2.75) is 0 Å². The Kier molecular flexibility index (Phi) is 2.79. The fourth-order valence-electron chi connectivity index (χ4n) is 2.23. The number of fused-ring (bicyclic) bond motifs is 1. The minimum Gasteiger partial charge on any atom is -0.441 e. The molecule has 0 aliphatic heterocycles. The van der Waals surface area contributed by atoms with Gasteiger partial charge in [-0.1, -0.05) is 0 Å². The Bertz CT molecular complexity index is 886. The quantitative estimate of drug-likeness (QED) is 0.681. The number of ketones is 1. The summed E-state index contributed by atoms with van der Waals surface area (Å²) in [5.74, 6) is -0.0922. The maximum absolute atomic E-state index is 12.3. The van der Waals surface area contributed by atoms with Crippen LogP contribution in [0.1, 0.15) is 16.1 Å². The third kappa shape index (κ3) is 1.78.